The highest BCUT2D eigenvalue weighted by molar-refractivity contribution is 5.74. The molecular formula is C16H21N3. The van der Waals surface area contributed by atoms with Crippen LogP contribution in [-0.2, 0) is 0 Å². The van der Waals surface area contributed by atoms with E-state index in [0.29, 0.717) is 6.04 Å². The number of likely N-dealkylation sites (tertiary alicyclic amines) is 1. The molecule has 0 spiro atoms. The summed E-state index contributed by atoms with van der Waals surface area (Å²) in [4.78, 5) is 11.1. The molecule has 0 bridgehead atoms. The predicted molar refractivity (Wildman–Crippen MR) is 77.0 cm³/mol. The summed E-state index contributed by atoms with van der Waals surface area (Å²) in [5.41, 5.74) is 2.28. The lowest BCUT2D eigenvalue weighted by molar-refractivity contribution is 0.104. The van der Waals surface area contributed by atoms with Gasteiger partial charge < -0.3 is 4.98 Å². The summed E-state index contributed by atoms with van der Waals surface area (Å²) >= 11 is 0. The monoisotopic (exact) mass is 255 g/mol. The average Bonchev–Trinajstić information content (AvgIpc) is 3.17. The molecular weight excluding hydrogens is 234 g/mol. The number of benzene rings is 1. The molecule has 1 saturated heterocycles. The molecule has 1 unspecified atom stereocenters. The molecule has 2 aromatic rings. The van der Waals surface area contributed by atoms with Crippen molar-refractivity contribution >= 4 is 11.0 Å². The van der Waals surface area contributed by atoms with Crippen molar-refractivity contribution in [1.29, 1.82) is 0 Å². The Hall–Kier alpha value is -1.35. The number of imidazole rings is 1. The summed E-state index contributed by atoms with van der Waals surface area (Å²) in [6.45, 7) is 3.62. The van der Waals surface area contributed by atoms with Gasteiger partial charge in [0.15, 0.2) is 0 Å². The average molecular weight is 255 g/mol. The van der Waals surface area contributed by atoms with E-state index in [0.717, 1.165) is 17.5 Å². The summed E-state index contributed by atoms with van der Waals surface area (Å²) < 4.78 is 0. The molecule has 1 aromatic carbocycles. The maximum atomic E-state index is 4.83. The summed E-state index contributed by atoms with van der Waals surface area (Å²) in [7, 11) is 0. The van der Waals surface area contributed by atoms with E-state index in [1.807, 2.05) is 0 Å². The molecule has 1 saturated carbocycles. The van der Waals surface area contributed by atoms with Crippen LogP contribution in [0.4, 0.5) is 0 Å². The lowest BCUT2D eigenvalue weighted by Crippen LogP contribution is -2.38. The van der Waals surface area contributed by atoms with Gasteiger partial charge in [0.1, 0.15) is 5.82 Å². The van der Waals surface area contributed by atoms with E-state index < -0.39 is 0 Å². The second-order valence-electron chi connectivity index (χ2n) is 6.25. The van der Waals surface area contributed by atoms with Crippen molar-refractivity contribution in [3.05, 3.63) is 30.1 Å². The number of aromatic amines is 1. The molecule has 3 nitrogen and oxygen atoms in total. The predicted octanol–water partition coefficient (Wildman–Crippen LogP) is 3.50. The van der Waals surface area contributed by atoms with Gasteiger partial charge in [0.05, 0.1) is 17.1 Å². The highest BCUT2D eigenvalue weighted by atomic mass is 15.2. The van der Waals surface area contributed by atoms with E-state index in [1.54, 1.807) is 0 Å². The number of H-pyrrole nitrogens is 1. The first-order valence-electron chi connectivity index (χ1n) is 7.51. The van der Waals surface area contributed by atoms with Crippen LogP contribution in [0.15, 0.2) is 24.3 Å². The first-order chi connectivity index (χ1) is 9.31. The number of para-hydroxylation sites is 2. The Labute approximate surface area is 114 Å². The van der Waals surface area contributed by atoms with Crippen molar-refractivity contribution in [3.63, 3.8) is 0 Å². The van der Waals surface area contributed by atoms with E-state index >= 15 is 0 Å². The molecule has 1 N–H and O–H groups in total. The van der Waals surface area contributed by atoms with E-state index in [9.17, 15) is 0 Å². The fourth-order valence-electron chi connectivity index (χ4n) is 3.40. The van der Waals surface area contributed by atoms with Crippen molar-refractivity contribution in [2.75, 3.05) is 6.54 Å². The minimum Gasteiger partial charge on any atom is -0.341 e. The van der Waals surface area contributed by atoms with Gasteiger partial charge in [0, 0.05) is 6.04 Å². The second kappa shape index (κ2) is 4.34. The zero-order valence-electron chi connectivity index (χ0n) is 11.5. The topological polar surface area (TPSA) is 31.9 Å². The Morgan fingerprint density at radius 2 is 2.05 bits per heavy atom. The quantitative estimate of drug-likeness (QED) is 0.890. The SMILES string of the molecule is CC1CCN(C2CC2)[C@@H](c2nc3ccccc3[nH]2)C1. The fourth-order valence-corrected chi connectivity index (χ4v) is 3.40. The summed E-state index contributed by atoms with van der Waals surface area (Å²) in [5.74, 6) is 1.99. The number of aromatic nitrogens is 2. The molecule has 0 radical (unpaired) electrons. The van der Waals surface area contributed by atoms with Crippen LogP contribution in [0, 0.1) is 5.92 Å². The molecule has 2 heterocycles. The van der Waals surface area contributed by atoms with Gasteiger partial charge in [-0.15, -0.1) is 0 Å². The van der Waals surface area contributed by atoms with Gasteiger partial charge >= 0.3 is 0 Å². The third-order valence-corrected chi connectivity index (χ3v) is 4.65. The van der Waals surface area contributed by atoms with Crippen LogP contribution in [0.2, 0.25) is 0 Å². The van der Waals surface area contributed by atoms with E-state index in [1.165, 1.54) is 43.6 Å². The molecule has 1 aliphatic carbocycles. The Morgan fingerprint density at radius 1 is 1.21 bits per heavy atom. The van der Waals surface area contributed by atoms with Gasteiger partial charge in [-0.25, -0.2) is 4.98 Å². The lowest BCUT2D eigenvalue weighted by atomic mass is 9.92. The Balaban J connectivity index is 1.70. The normalized spacial score (nSPS) is 28.9. The maximum Gasteiger partial charge on any atom is 0.124 e. The van der Waals surface area contributed by atoms with Crippen LogP contribution in [0.3, 0.4) is 0 Å². The smallest absolute Gasteiger partial charge is 0.124 e. The molecule has 2 atom stereocenters. The number of piperidine rings is 1. The number of nitrogens with zero attached hydrogens (tertiary/aromatic N) is 2. The number of nitrogens with one attached hydrogen (secondary N) is 1. The van der Waals surface area contributed by atoms with E-state index in [-0.39, 0.29) is 0 Å². The molecule has 19 heavy (non-hydrogen) atoms. The fraction of sp³-hybridized carbons (Fsp3) is 0.562. The summed E-state index contributed by atoms with van der Waals surface area (Å²) in [6, 6.07) is 9.69. The third kappa shape index (κ3) is 2.06. The number of fused-ring (bicyclic) bond motifs is 1. The molecule has 4 rings (SSSR count). The zero-order valence-corrected chi connectivity index (χ0v) is 11.5. The Kier molecular flexibility index (Phi) is 2.62. The van der Waals surface area contributed by atoms with Crippen LogP contribution in [-0.4, -0.2) is 27.5 Å². The summed E-state index contributed by atoms with van der Waals surface area (Å²) in [6.07, 6.45) is 5.35. The number of hydrogen-bond acceptors (Lipinski definition) is 2. The van der Waals surface area contributed by atoms with Gasteiger partial charge in [0.25, 0.3) is 0 Å². The standard InChI is InChI=1S/C16H21N3/c1-11-8-9-19(12-6-7-12)15(10-11)16-17-13-4-2-3-5-14(13)18-16/h2-5,11-12,15H,6-10H2,1H3,(H,17,18)/t11?,15-/m1/s1. The number of hydrogen-bond donors (Lipinski definition) is 1. The Morgan fingerprint density at radius 3 is 2.84 bits per heavy atom. The van der Waals surface area contributed by atoms with Gasteiger partial charge in [-0.05, 0) is 50.3 Å². The highest BCUT2D eigenvalue weighted by Gasteiger charge is 2.38. The van der Waals surface area contributed by atoms with Crippen molar-refractivity contribution in [2.24, 2.45) is 5.92 Å². The van der Waals surface area contributed by atoms with Crippen LogP contribution in [0.5, 0.6) is 0 Å². The van der Waals surface area contributed by atoms with Gasteiger partial charge in [-0.1, -0.05) is 19.1 Å². The van der Waals surface area contributed by atoms with Crippen molar-refractivity contribution < 1.29 is 0 Å². The zero-order chi connectivity index (χ0) is 12.8. The van der Waals surface area contributed by atoms with Crippen LogP contribution in [0.1, 0.15) is 44.5 Å². The first-order valence-corrected chi connectivity index (χ1v) is 7.51. The maximum absolute atomic E-state index is 4.83. The Bertz CT molecular complexity index is 551. The van der Waals surface area contributed by atoms with Gasteiger partial charge in [0.2, 0.25) is 0 Å². The molecule has 3 heteroatoms. The van der Waals surface area contributed by atoms with Crippen molar-refractivity contribution in [1.82, 2.24) is 14.9 Å². The largest absolute Gasteiger partial charge is 0.341 e. The molecule has 2 fully saturated rings. The lowest BCUT2D eigenvalue weighted by Gasteiger charge is -2.37. The molecule has 1 aromatic heterocycles. The number of rotatable bonds is 2. The third-order valence-electron chi connectivity index (χ3n) is 4.65. The second-order valence-corrected chi connectivity index (χ2v) is 6.25. The van der Waals surface area contributed by atoms with Gasteiger partial charge in [-0.2, -0.15) is 0 Å². The van der Waals surface area contributed by atoms with Crippen LogP contribution in [0.25, 0.3) is 11.0 Å². The molecule has 2 aliphatic rings. The van der Waals surface area contributed by atoms with Crippen LogP contribution < -0.4 is 0 Å². The first kappa shape index (κ1) is 11.5. The highest BCUT2D eigenvalue weighted by Crippen LogP contribution is 2.40. The minimum atomic E-state index is 0.503. The van der Waals surface area contributed by atoms with Crippen molar-refractivity contribution in [3.8, 4) is 0 Å². The molecule has 100 valence electrons. The van der Waals surface area contributed by atoms with Gasteiger partial charge in [-0.3, -0.25) is 4.90 Å². The van der Waals surface area contributed by atoms with E-state index in [4.69, 9.17) is 4.98 Å². The van der Waals surface area contributed by atoms with Crippen molar-refractivity contribution in [2.45, 2.75) is 44.7 Å². The van der Waals surface area contributed by atoms with Crippen LogP contribution >= 0.6 is 0 Å². The van der Waals surface area contributed by atoms with E-state index in [2.05, 4.69) is 41.1 Å². The minimum absolute atomic E-state index is 0.503. The molecule has 1 aliphatic heterocycles. The summed E-state index contributed by atoms with van der Waals surface area (Å²) in [5, 5.41) is 0. The molecule has 0 amide bonds.